The number of nitrogens with two attached hydrogens (primary N) is 1. The van der Waals surface area contributed by atoms with Crippen molar-refractivity contribution in [3.8, 4) is 5.75 Å². The molecule has 0 amide bonds. The molecule has 1 fully saturated rings. The molecule has 1 saturated heterocycles. The summed E-state index contributed by atoms with van der Waals surface area (Å²) in [7, 11) is -1.59. The van der Waals surface area contributed by atoms with Gasteiger partial charge >= 0.3 is 14.5 Å². The van der Waals surface area contributed by atoms with Crippen molar-refractivity contribution in [3.63, 3.8) is 0 Å². The molecule has 3 heterocycles. The summed E-state index contributed by atoms with van der Waals surface area (Å²) >= 11 is 0. The van der Waals surface area contributed by atoms with Crippen LogP contribution in [0.15, 0.2) is 43.0 Å². The smallest absolute Gasteiger partial charge is 0.320 e. The molecule has 0 radical (unpaired) electrons. The van der Waals surface area contributed by atoms with Gasteiger partial charge in [-0.3, -0.25) is 9.36 Å². The number of fused-ring (bicyclic) bond motifs is 1. The molecule has 11 nitrogen and oxygen atoms in total. The van der Waals surface area contributed by atoms with Crippen molar-refractivity contribution >= 4 is 31.5 Å². The van der Waals surface area contributed by atoms with Crippen molar-refractivity contribution < 1.29 is 23.3 Å². The zero-order chi connectivity index (χ0) is 23.2. The molecule has 176 valence electrons. The van der Waals surface area contributed by atoms with E-state index >= 15 is 0 Å². The maximum absolute atomic E-state index is 11.9. The number of imidazole rings is 1. The molecule has 3 atom stereocenters. The van der Waals surface area contributed by atoms with Crippen LogP contribution in [0.2, 0.25) is 0 Å². The zero-order valence-electron chi connectivity index (χ0n) is 18.5. The third-order valence-electron chi connectivity index (χ3n) is 4.81. The average Bonchev–Trinajstić information content (AvgIpc) is 3.43. The summed E-state index contributed by atoms with van der Waals surface area (Å²) in [4.78, 5) is 24.5. The second-order valence-corrected chi connectivity index (χ2v) is 8.97. The van der Waals surface area contributed by atoms with Crippen LogP contribution in [0.3, 0.4) is 0 Å². The fourth-order valence-corrected chi connectivity index (χ4v) is 4.44. The minimum atomic E-state index is -1.59. The van der Waals surface area contributed by atoms with E-state index in [1.54, 1.807) is 20.2 Å². The minimum absolute atomic E-state index is 0.0208. The fraction of sp³-hybridized carbons (Fsp3) is 0.429. The van der Waals surface area contributed by atoms with Gasteiger partial charge in [-0.15, -0.1) is 0 Å². The van der Waals surface area contributed by atoms with E-state index in [-0.39, 0.29) is 30.9 Å². The van der Waals surface area contributed by atoms with Crippen LogP contribution in [-0.2, 0) is 18.8 Å². The molecular weight excluding hydrogens is 447 g/mol. The molecule has 2 aromatic heterocycles. The molecule has 0 spiro atoms. The highest BCUT2D eigenvalue weighted by Gasteiger charge is 2.30. The van der Waals surface area contributed by atoms with E-state index in [0.717, 1.165) is 12.8 Å². The molecular formula is C21H27N6O5P. The number of rotatable bonds is 10. The van der Waals surface area contributed by atoms with Gasteiger partial charge in [0.05, 0.1) is 25.1 Å². The van der Waals surface area contributed by atoms with Crippen molar-refractivity contribution in [1.82, 2.24) is 24.6 Å². The Bertz CT molecular complexity index is 1070. The molecule has 33 heavy (non-hydrogen) atoms. The summed E-state index contributed by atoms with van der Waals surface area (Å²) < 4.78 is 25.1. The second kappa shape index (κ2) is 10.8. The number of carbonyl (C=O) groups is 1. The number of hydrogen-bond acceptors (Lipinski definition) is 10. The maximum Gasteiger partial charge on any atom is 0.320 e. The highest BCUT2D eigenvalue weighted by Crippen LogP contribution is 2.38. The van der Waals surface area contributed by atoms with Gasteiger partial charge in [0.15, 0.2) is 11.5 Å². The van der Waals surface area contributed by atoms with Gasteiger partial charge in [-0.2, -0.15) is 0 Å². The Morgan fingerprint density at radius 2 is 2.09 bits per heavy atom. The lowest BCUT2D eigenvalue weighted by Crippen LogP contribution is -2.26. The molecule has 1 aliphatic rings. The van der Waals surface area contributed by atoms with E-state index in [9.17, 15) is 4.79 Å². The summed E-state index contributed by atoms with van der Waals surface area (Å²) in [5.41, 5.74) is 7.06. The lowest BCUT2D eigenvalue weighted by atomic mass is 10.2. The van der Waals surface area contributed by atoms with Crippen LogP contribution in [-0.4, -0.2) is 50.8 Å². The largest absolute Gasteiger partial charge is 0.462 e. The number of benzene rings is 1. The van der Waals surface area contributed by atoms with Crippen molar-refractivity contribution in [3.05, 3.63) is 43.0 Å². The van der Waals surface area contributed by atoms with E-state index < -0.39 is 8.53 Å². The highest BCUT2D eigenvalue weighted by atomic mass is 31.2. The lowest BCUT2D eigenvalue weighted by Gasteiger charge is -2.21. The first-order valence-corrected chi connectivity index (χ1v) is 11.8. The molecule has 4 rings (SSSR count). The molecule has 3 N–H and O–H groups in total. The van der Waals surface area contributed by atoms with Crippen LogP contribution in [0.1, 0.15) is 32.9 Å². The van der Waals surface area contributed by atoms with E-state index in [2.05, 4.69) is 20.0 Å². The third-order valence-corrected chi connectivity index (χ3v) is 5.99. The summed E-state index contributed by atoms with van der Waals surface area (Å²) in [5, 5.41) is 3.01. The minimum Gasteiger partial charge on any atom is -0.462 e. The van der Waals surface area contributed by atoms with Crippen molar-refractivity contribution in [2.24, 2.45) is 0 Å². The van der Waals surface area contributed by atoms with E-state index in [0.29, 0.717) is 29.3 Å². The zero-order valence-corrected chi connectivity index (χ0v) is 19.4. The van der Waals surface area contributed by atoms with Crippen LogP contribution < -0.4 is 15.3 Å². The molecule has 12 heteroatoms. The Hall–Kier alpha value is -2.85. The molecule has 0 saturated carbocycles. The Morgan fingerprint density at radius 1 is 1.27 bits per heavy atom. The van der Waals surface area contributed by atoms with Gasteiger partial charge in [-0.25, -0.2) is 20.0 Å². The SMILES string of the molecule is CC(C)OC(=O)CNP(OCC1CCC(n2cnc3c(N)ncnc32)O1)Oc1ccccc1. The van der Waals surface area contributed by atoms with E-state index in [1.807, 2.05) is 34.9 Å². The Balaban J connectivity index is 1.34. The van der Waals surface area contributed by atoms with Crippen LogP contribution in [0.25, 0.3) is 11.2 Å². The number of nitrogens with one attached hydrogen (secondary N) is 1. The fourth-order valence-electron chi connectivity index (χ4n) is 3.36. The number of aromatic nitrogens is 4. The molecule has 1 aromatic carbocycles. The Labute approximate surface area is 192 Å². The number of esters is 1. The molecule has 0 bridgehead atoms. The molecule has 1 aliphatic heterocycles. The van der Waals surface area contributed by atoms with Gasteiger partial charge in [-0.05, 0) is 38.8 Å². The average molecular weight is 474 g/mol. The van der Waals surface area contributed by atoms with Crippen LogP contribution in [0.4, 0.5) is 5.82 Å². The molecule has 0 aliphatic carbocycles. The van der Waals surface area contributed by atoms with Crippen molar-refractivity contribution in [2.75, 3.05) is 18.9 Å². The first kappa shape index (κ1) is 23.3. The summed E-state index contributed by atoms with van der Waals surface area (Å²) in [6, 6.07) is 9.28. The second-order valence-electron chi connectivity index (χ2n) is 7.70. The monoisotopic (exact) mass is 474 g/mol. The molecule has 3 aromatic rings. The standard InChI is InChI=1S/C21H27N6O5P/c1-14(2)30-18(28)10-26-33(32-15-6-4-3-5-7-15)29-11-16-8-9-17(31-16)27-13-25-19-20(22)23-12-24-21(19)27/h3-7,12-14,16-17,26H,8-11H2,1-2H3,(H2,22,23,24). The summed E-state index contributed by atoms with van der Waals surface area (Å²) in [6.07, 6.45) is 4.06. The molecule has 3 unspecified atom stereocenters. The number of anilines is 1. The lowest BCUT2D eigenvalue weighted by molar-refractivity contribution is -0.145. The van der Waals surface area contributed by atoms with Gasteiger partial charge in [0.2, 0.25) is 0 Å². The first-order valence-electron chi connectivity index (χ1n) is 10.7. The number of ether oxygens (including phenoxy) is 2. The predicted molar refractivity (Wildman–Crippen MR) is 122 cm³/mol. The number of hydrogen-bond donors (Lipinski definition) is 2. The highest BCUT2D eigenvalue weighted by molar-refractivity contribution is 7.45. The number of carbonyl (C=O) groups excluding carboxylic acids is 1. The number of nitrogen functional groups attached to an aromatic ring is 1. The quantitative estimate of drug-likeness (QED) is 0.333. The van der Waals surface area contributed by atoms with Crippen LogP contribution in [0.5, 0.6) is 5.75 Å². The van der Waals surface area contributed by atoms with E-state index in [1.165, 1.54) is 6.33 Å². The Morgan fingerprint density at radius 3 is 2.88 bits per heavy atom. The predicted octanol–water partition coefficient (Wildman–Crippen LogP) is 2.95. The Kier molecular flexibility index (Phi) is 7.66. The maximum atomic E-state index is 11.9. The van der Waals surface area contributed by atoms with Crippen LogP contribution in [0, 0.1) is 0 Å². The van der Waals surface area contributed by atoms with Gasteiger partial charge in [0, 0.05) is 0 Å². The number of nitrogens with zero attached hydrogens (tertiary/aromatic N) is 4. The number of para-hydroxylation sites is 1. The van der Waals surface area contributed by atoms with Gasteiger partial charge < -0.3 is 24.3 Å². The van der Waals surface area contributed by atoms with E-state index in [4.69, 9.17) is 24.3 Å². The first-order chi connectivity index (χ1) is 16.0. The topological polar surface area (TPSA) is 136 Å². The third kappa shape index (κ3) is 6.14. The van der Waals surface area contributed by atoms with Crippen LogP contribution >= 0.6 is 8.53 Å². The summed E-state index contributed by atoms with van der Waals surface area (Å²) in [5.74, 6) is 0.603. The van der Waals surface area contributed by atoms with Gasteiger partial charge in [0.25, 0.3) is 0 Å². The summed E-state index contributed by atoms with van der Waals surface area (Å²) in [6.45, 7) is 3.88. The van der Waals surface area contributed by atoms with Crippen molar-refractivity contribution in [2.45, 2.75) is 45.1 Å². The van der Waals surface area contributed by atoms with Crippen molar-refractivity contribution in [1.29, 1.82) is 0 Å². The normalized spacial score (nSPS) is 19.1. The van der Waals surface area contributed by atoms with Gasteiger partial charge in [0.1, 0.15) is 30.4 Å². The van der Waals surface area contributed by atoms with Gasteiger partial charge in [-0.1, -0.05) is 18.2 Å².